The molecule has 1 atom stereocenters. The molecule has 0 radical (unpaired) electrons. The number of benzene rings is 1. The lowest BCUT2D eigenvalue weighted by Gasteiger charge is -2.36. The molecule has 5 heteroatoms. The second-order valence-electron chi connectivity index (χ2n) is 4.34. The molecule has 18 heavy (non-hydrogen) atoms. The molecule has 0 aliphatic carbocycles. The molecule has 1 fully saturated rings. The van der Waals surface area contributed by atoms with Crippen molar-refractivity contribution in [3.63, 3.8) is 0 Å². The van der Waals surface area contributed by atoms with Crippen LogP contribution in [0.1, 0.15) is 12.5 Å². The van der Waals surface area contributed by atoms with Crippen molar-refractivity contribution in [3.05, 3.63) is 23.8 Å². The average molecular weight is 282 g/mol. The molecule has 0 aromatic heterocycles. The van der Waals surface area contributed by atoms with E-state index in [4.69, 9.17) is 22.7 Å². The van der Waals surface area contributed by atoms with Gasteiger partial charge in [-0.2, -0.15) is 0 Å². The standard InChI is InChI=1S/C13H18N2OS2/c1-9-8-16-7-6-15(9)10-4-3-5-11(18-2)12(10)13(14)17/h3-5,9H,6-8H2,1-2H3,(H2,14,17). The first-order valence-electron chi connectivity index (χ1n) is 5.96. The SMILES string of the molecule is CSc1cccc(N2CCOCC2C)c1C(N)=S. The van der Waals surface area contributed by atoms with Crippen molar-refractivity contribution in [1.29, 1.82) is 0 Å². The summed E-state index contributed by atoms with van der Waals surface area (Å²) < 4.78 is 5.48. The monoisotopic (exact) mass is 282 g/mol. The van der Waals surface area contributed by atoms with Gasteiger partial charge in [-0.15, -0.1) is 11.8 Å². The number of hydrogen-bond acceptors (Lipinski definition) is 4. The van der Waals surface area contributed by atoms with Crippen molar-refractivity contribution in [2.24, 2.45) is 5.73 Å². The summed E-state index contributed by atoms with van der Waals surface area (Å²) in [6.45, 7) is 4.55. The van der Waals surface area contributed by atoms with E-state index in [1.807, 2.05) is 6.26 Å². The third kappa shape index (κ3) is 2.63. The smallest absolute Gasteiger partial charge is 0.107 e. The molecule has 0 amide bonds. The molecule has 1 unspecified atom stereocenters. The van der Waals surface area contributed by atoms with Crippen molar-refractivity contribution in [1.82, 2.24) is 0 Å². The first-order chi connectivity index (χ1) is 8.65. The van der Waals surface area contributed by atoms with Crippen LogP contribution in [0.3, 0.4) is 0 Å². The van der Waals surface area contributed by atoms with E-state index >= 15 is 0 Å². The zero-order chi connectivity index (χ0) is 13.1. The van der Waals surface area contributed by atoms with Gasteiger partial charge in [0, 0.05) is 28.7 Å². The van der Waals surface area contributed by atoms with Gasteiger partial charge in [0.05, 0.1) is 13.2 Å². The molecule has 2 rings (SSSR count). The van der Waals surface area contributed by atoms with Crippen molar-refractivity contribution in [3.8, 4) is 0 Å². The third-order valence-electron chi connectivity index (χ3n) is 3.15. The molecule has 1 aliphatic rings. The number of thioether (sulfide) groups is 1. The fraction of sp³-hybridized carbons (Fsp3) is 0.462. The summed E-state index contributed by atoms with van der Waals surface area (Å²) >= 11 is 6.90. The van der Waals surface area contributed by atoms with Crippen LogP contribution < -0.4 is 10.6 Å². The average Bonchev–Trinajstić information content (AvgIpc) is 2.38. The topological polar surface area (TPSA) is 38.5 Å². The minimum atomic E-state index is 0.351. The highest BCUT2D eigenvalue weighted by atomic mass is 32.2. The number of nitrogens with two attached hydrogens (primary N) is 1. The van der Waals surface area contributed by atoms with Crippen LogP contribution in [0.4, 0.5) is 5.69 Å². The minimum Gasteiger partial charge on any atom is -0.389 e. The van der Waals surface area contributed by atoms with Gasteiger partial charge in [0.2, 0.25) is 0 Å². The highest BCUT2D eigenvalue weighted by Gasteiger charge is 2.23. The van der Waals surface area contributed by atoms with Crippen LogP contribution in [0.25, 0.3) is 0 Å². The lowest BCUT2D eigenvalue weighted by Crippen LogP contribution is -2.44. The summed E-state index contributed by atoms with van der Waals surface area (Å²) in [7, 11) is 0. The highest BCUT2D eigenvalue weighted by molar-refractivity contribution is 7.98. The van der Waals surface area contributed by atoms with E-state index in [1.165, 1.54) is 0 Å². The van der Waals surface area contributed by atoms with Crippen LogP contribution >= 0.6 is 24.0 Å². The lowest BCUT2D eigenvalue weighted by atomic mass is 10.1. The summed E-state index contributed by atoms with van der Waals surface area (Å²) in [6, 6.07) is 6.57. The fourth-order valence-corrected chi connectivity index (χ4v) is 3.17. The summed E-state index contributed by atoms with van der Waals surface area (Å²) in [5.74, 6) is 0. The van der Waals surface area contributed by atoms with Crippen molar-refractivity contribution >= 4 is 34.7 Å². The van der Waals surface area contributed by atoms with Crippen LogP contribution in [0.2, 0.25) is 0 Å². The molecule has 3 nitrogen and oxygen atoms in total. The Labute approximate surface area is 118 Å². The van der Waals surface area contributed by atoms with Gasteiger partial charge in [-0.25, -0.2) is 0 Å². The predicted molar refractivity (Wildman–Crippen MR) is 81.7 cm³/mol. The van der Waals surface area contributed by atoms with Crippen molar-refractivity contribution in [2.75, 3.05) is 30.9 Å². The Hall–Kier alpha value is -0.780. The number of thiocarbonyl (C=S) groups is 1. The summed E-state index contributed by atoms with van der Waals surface area (Å²) in [4.78, 5) is 3.94. The third-order valence-corrected chi connectivity index (χ3v) is 4.13. The van der Waals surface area contributed by atoms with Gasteiger partial charge in [-0.3, -0.25) is 0 Å². The van der Waals surface area contributed by atoms with Crippen LogP contribution in [0.15, 0.2) is 23.1 Å². The zero-order valence-corrected chi connectivity index (χ0v) is 12.3. The first kappa shape index (κ1) is 13.6. The van der Waals surface area contributed by atoms with Crippen LogP contribution in [0.5, 0.6) is 0 Å². The quantitative estimate of drug-likeness (QED) is 0.680. The molecule has 1 saturated heterocycles. The van der Waals surface area contributed by atoms with Crippen LogP contribution in [-0.2, 0) is 4.74 Å². The molecule has 0 saturated carbocycles. The Bertz CT molecular complexity index is 451. The number of nitrogens with zero attached hydrogens (tertiary/aromatic N) is 1. The molecule has 2 N–H and O–H groups in total. The molecule has 1 heterocycles. The van der Waals surface area contributed by atoms with Gasteiger partial charge in [0.25, 0.3) is 0 Å². The largest absolute Gasteiger partial charge is 0.389 e. The van der Waals surface area contributed by atoms with E-state index in [9.17, 15) is 0 Å². The molecule has 0 spiro atoms. The number of hydrogen-bond donors (Lipinski definition) is 1. The van der Waals surface area contributed by atoms with E-state index < -0.39 is 0 Å². The fourth-order valence-electron chi connectivity index (χ4n) is 2.26. The second-order valence-corrected chi connectivity index (χ2v) is 5.62. The molecular weight excluding hydrogens is 264 g/mol. The number of morpholine rings is 1. The van der Waals surface area contributed by atoms with Gasteiger partial charge in [-0.1, -0.05) is 18.3 Å². The molecule has 0 bridgehead atoms. The van der Waals surface area contributed by atoms with Gasteiger partial charge < -0.3 is 15.4 Å². The number of anilines is 1. The number of rotatable bonds is 3. The maximum absolute atomic E-state index is 5.90. The van der Waals surface area contributed by atoms with E-state index in [2.05, 4.69) is 30.0 Å². The Kier molecular flexibility index (Phi) is 4.48. The molecule has 98 valence electrons. The van der Waals surface area contributed by atoms with E-state index in [0.29, 0.717) is 11.0 Å². The molecule has 1 aromatic rings. The Morgan fingerprint density at radius 3 is 2.94 bits per heavy atom. The van der Waals surface area contributed by atoms with Gasteiger partial charge >= 0.3 is 0 Å². The first-order valence-corrected chi connectivity index (χ1v) is 7.59. The summed E-state index contributed by atoms with van der Waals surface area (Å²) in [5.41, 5.74) is 8.03. The van der Waals surface area contributed by atoms with Gasteiger partial charge in [-0.05, 0) is 25.3 Å². The van der Waals surface area contributed by atoms with Crippen molar-refractivity contribution < 1.29 is 4.74 Å². The predicted octanol–water partition coefficient (Wildman–Crippen LogP) is 2.27. The Balaban J connectivity index is 2.45. The summed E-state index contributed by atoms with van der Waals surface area (Å²) in [6.07, 6.45) is 2.05. The normalized spacial score (nSPS) is 19.9. The maximum Gasteiger partial charge on any atom is 0.107 e. The van der Waals surface area contributed by atoms with Crippen LogP contribution in [-0.4, -0.2) is 37.0 Å². The van der Waals surface area contributed by atoms with Gasteiger partial charge in [0.1, 0.15) is 4.99 Å². The van der Waals surface area contributed by atoms with Crippen LogP contribution in [0, 0.1) is 0 Å². The summed E-state index contributed by atoms with van der Waals surface area (Å²) in [5, 5.41) is 0. The highest BCUT2D eigenvalue weighted by Crippen LogP contribution is 2.31. The van der Waals surface area contributed by atoms with E-state index in [-0.39, 0.29) is 0 Å². The van der Waals surface area contributed by atoms with Crippen molar-refractivity contribution in [2.45, 2.75) is 17.9 Å². The van der Waals surface area contributed by atoms with E-state index in [1.54, 1.807) is 11.8 Å². The Morgan fingerprint density at radius 2 is 2.33 bits per heavy atom. The van der Waals surface area contributed by atoms with Gasteiger partial charge in [0.15, 0.2) is 0 Å². The Morgan fingerprint density at radius 1 is 1.56 bits per heavy atom. The molecule has 1 aliphatic heterocycles. The maximum atomic E-state index is 5.90. The molecular formula is C13H18N2OS2. The molecule has 1 aromatic carbocycles. The minimum absolute atomic E-state index is 0.351. The lowest BCUT2D eigenvalue weighted by molar-refractivity contribution is 0.0989. The number of ether oxygens (including phenoxy) is 1. The van der Waals surface area contributed by atoms with E-state index in [0.717, 1.165) is 35.9 Å². The zero-order valence-electron chi connectivity index (χ0n) is 10.7. The second kappa shape index (κ2) is 5.91.